The van der Waals surface area contributed by atoms with Gasteiger partial charge < -0.3 is 20.3 Å². The Kier molecular flexibility index (Phi) is 5.52. The molecule has 0 spiro atoms. The Hall–Kier alpha value is -2.39. The molecule has 0 fully saturated rings. The molecule has 142 valence electrons. The van der Waals surface area contributed by atoms with Gasteiger partial charge in [-0.25, -0.2) is 8.42 Å². The van der Waals surface area contributed by atoms with Gasteiger partial charge in [-0.2, -0.15) is 0 Å². The van der Waals surface area contributed by atoms with Crippen LogP contribution in [0.4, 0.5) is 5.69 Å². The van der Waals surface area contributed by atoms with Crippen LogP contribution in [0.5, 0.6) is 5.75 Å². The standard InChI is InChI=1S/C18H16ClNO6S/c19-12-2-4-16(26-10-14(22)9-21)15(7-12)18(23)20-13-3-1-11-5-6-27(24,25)17(11)8-13/h1-8,14,21-22H,9-10H2,(H,20,23). The van der Waals surface area contributed by atoms with Gasteiger partial charge in [0.2, 0.25) is 9.84 Å². The van der Waals surface area contributed by atoms with Crippen molar-refractivity contribution in [2.45, 2.75) is 11.0 Å². The summed E-state index contributed by atoms with van der Waals surface area (Å²) in [5.74, 6) is -0.394. The first-order chi connectivity index (χ1) is 12.8. The van der Waals surface area contributed by atoms with Crippen LogP contribution < -0.4 is 10.1 Å². The predicted molar refractivity (Wildman–Crippen MR) is 101 cm³/mol. The van der Waals surface area contributed by atoms with Crippen molar-refractivity contribution < 1.29 is 28.2 Å². The van der Waals surface area contributed by atoms with E-state index >= 15 is 0 Å². The van der Waals surface area contributed by atoms with E-state index in [1.54, 1.807) is 12.1 Å². The molecule has 3 rings (SSSR count). The summed E-state index contributed by atoms with van der Waals surface area (Å²) in [4.78, 5) is 12.8. The van der Waals surface area contributed by atoms with E-state index in [0.717, 1.165) is 5.41 Å². The van der Waals surface area contributed by atoms with Crippen LogP contribution in [0.3, 0.4) is 0 Å². The van der Waals surface area contributed by atoms with Gasteiger partial charge >= 0.3 is 0 Å². The average molecular weight is 410 g/mol. The molecule has 3 N–H and O–H groups in total. The van der Waals surface area contributed by atoms with Crippen LogP contribution in [0, 0.1) is 0 Å². The zero-order valence-electron chi connectivity index (χ0n) is 13.9. The van der Waals surface area contributed by atoms with E-state index in [1.165, 1.54) is 30.3 Å². The van der Waals surface area contributed by atoms with E-state index in [1.807, 2.05) is 0 Å². The second-order valence-corrected chi connectivity index (χ2v) is 8.08. The number of sulfone groups is 1. The highest BCUT2D eigenvalue weighted by Crippen LogP contribution is 2.30. The third-order valence-electron chi connectivity index (χ3n) is 3.83. The van der Waals surface area contributed by atoms with Crippen molar-refractivity contribution >= 4 is 39.1 Å². The number of benzene rings is 2. The molecule has 9 heteroatoms. The molecule has 0 aromatic heterocycles. The molecule has 1 amide bonds. The number of hydrogen-bond acceptors (Lipinski definition) is 6. The Labute approximate surface area is 160 Å². The zero-order valence-corrected chi connectivity index (χ0v) is 15.5. The fourth-order valence-electron chi connectivity index (χ4n) is 2.48. The number of amides is 1. The van der Waals surface area contributed by atoms with E-state index < -0.39 is 28.5 Å². The Morgan fingerprint density at radius 1 is 1.22 bits per heavy atom. The molecule has 0 bridgehead atoms. The number of fused-ring (bicyclic) bond motifs is 1. The van der Waals surface area contributed by atoms with Crippen molar-refractivity contribution in [3.05, 3.63) is 58.0 Å². The van der Waals surface area contributed by atoms with Crippen molar-refractivity contribution in [2.75, 3.05) is 18.5 Å². The third-order valence-corrected chi connectivity index (χ3v) is 5.53. The van der Waals surface area contributed by atoms with Gasteiger partial charge in [-0.15, -0.1) is 0 Å². The summed E-state index contributed by atoms with van der Waals surface area (Å²) in [5, 5.41) is 22.3. The van der Waals surface area contributed by atoms with Crippen LogP contribution in [-0.4, -0.2) is 43.9 Å². The van der Waals surface area contributed by atoms with E-state index in [4.69, 9.17) is 21.4 Å². The maximum absolute atomic E-state index is 12.6. The van der Waals surface area contributed by atoms with Gasteiger partial charge in [0.05, 0.1) is 17.1 Å². The van der Waals surface area contributed by atoms with Crippen molar-refractivity contribution in [2.24, 2.45) is 0 Å². The van der Waals surface area contributed by atoms with Gasteiger partial charge in [0.1, 0.15) is 18.5 Å². The number of hydrogen-bond donors (Lipinski definition) is 3. The number of halogens is 1. The number of carbonyl (C=O) groups is 1. The van der Waals surface area contributed by atoms with Crippen LogP contribution in [-0.2, 0) is 9.84 Å². The fraction of sp³-hybridized carbons (Fsp3) is 0.167. The number of carbonyl (C=O) groups excluding carboxylic acids is 1. The summed E-state index contributed by atoms with van der Waals surface area (Å²) in [7, 11) is -3.49. The summed E-state index contributed by atoms with van der Waals surface area (Å²) in [6, 6.07) is 8.94. The normalized spacial score (nSPS) is 15.2. The minimum Gasteiger partial charge on any atom is -0.490 e. The molecule has 2 aromatic carbocycles. The lowest BCUT2D eigenvalue weighted by atomic mass is 10.1. The van der Waals surface area contributed by atoms with Gasteiger partial charge in [-0.3, -0.25) is 4.79 Å². The van der Waals surface area contributed by atoms with E-state index in [-0.39, 0.29) is 22.8 Å². The first-order valence-corrected chi connectivity index (χ1v) is 9.82. The second-order valence-electron chi connectivity index (χ2n) is 5.84. The van der Waals surface area contributed by atoms with Gasteiger partial charge in [0.15, 0.2) is 0 Å². The number of nitrogens with one attached hydrogen (secondary N) is 1. The number of anilines is 1. The fourth-order valence-corrected chi connectivity index (χ4v) is 3.88. The molecule has 0 saturated heterocycles. The maximum Gasteiger partial charge on any atom is 0.259 e. The molecule has 1 aliphatic heterocycles. The summed E-state index contributed by atoms with van der Waals surface area (Å²) >= 11 is 5.96. The molecule has 0 saturated carbocycles. The summed E-state index contributed by atoms with van der Waals surface area (Å²) in [5.41, 5.74) is 0.958. The summed E-state index contributed by atoms with van der Waals surface area (Å²) in [6.45, 7) is -0.687. The van der Waals surface area contributed by atoms with Crippen LogP contribution in [0.1, 0.15) is 15.9 Å². The SMILES string of the molecule is O=C(Nc1ccc2c(c1)S(=O)(=O)C=C2)c1cc(Cl)ccc1OCC(O)CO. The molecule has 27 heavy (non-hydrogen) atoms. The number of ether oxygens (including phenoxy) is 1. The van der Waals surface area contributed by atoms with Crippen molar-refractivity contribution in [3.8, 4) is 5.75 Å². The monoisotopic (exact) mass is 409 g/mol. The van der Waals surface area contributed by atoms with Gasteiger partial charge in [0, 0.05) is 16.1 Å². The Morgan fingerprint density at radius 3 is 2.74 bits per heavy atom. The minimum atomic E-state index is -3.49. The molecule has 1 unspecified atom stereocenters. The van der Waals surface area contributed by atoms with Crippen LogP contribution in [0.15, 0.2) is 46.7 Å². The molecular weight excluding hydrogens is 394 g/mol. The quantitative estimate of drug-likeness (QED) is 0.673. The Balaban J connectivity index is 1.84. The molecule has 0 radical (unpaired) electrons. The van der Waals surface area contributed by atoms with Gasteiger partial charge in [-0.05, 0) is 42.0 Å². The molecule has 7 nitrogen and oxygen atoms in total. The molecule has 2 aromatic rings. The van der Waals surface area contributed by atoms with Crippen LogP contribution >= 0.6 is 11.6 Å². The average Bonchev–Trinajstić information content (AvgIpc) is 2.95. The molecular formula is C18H16ClNO6S. The maximum atomic E-state index is 12.6. The van der Waals surface area contributed by atoms with Crippen molar-refractivity contribution in [1.82, 2.24) is 0 Å². The van der Waals surface area contributed by atoms with E-state index in [9.17, 15) is 18.3 Å². The van der Waals surface area contributed by atoms with Crippen LogP contribution in [0.25, 0.3) is 6.08 Å². The van der Waals surface area contributed by atoms with Crippen molar-refractivity contribution in [1.29, 1.82) is 0 Å². The summed E-state index contributed by atoms with van der Waals surface area (Å²) < 4.78 is 29.3. The topological polar surface area (TPSA) is 113 Å². The van der Waals surface area contributed by atoms with Crippen molar-refractivity contribution in [3.63, 3.8) is 0 Å². The smallest absolute Gasteiger partial charge is 0.259 e. The molecule has 1 aliphatic rings. The lowest BCUT2D eigenvalue weighted by Gasteiger charge is -2.14. The lowest BCUT2D eigenvalue weighted by molar-refractivity contribution is 0.0532. The molecule has 0 aliphatic carbocycles. The number of rotatable bonds is 6. The number of aliphatic hydroxyl groups is 2. The van der Waals surface area contributed by atoms with Gasteiger partial charge in [-0.1, -0.05) is 17.7 Å². The highest BCUT2D eigenvalue weighted by molar-refractivity contribution is 7.94. The van der Waals surface area contributed by atoms with Crippen LogP contribution in [0.2, 0.25) is 5.02 Å². The Bertz CT molecular complexity index is 1020. The zero-order chi connectivity index (χ0) is 19.6. The Morgan fingerprint density at radius 2 is 2.00 bits per heavy atom. The predicted octanol–water partition coefficient (Wildman–Crippen LogP) is 2.08. The lowest BCUT2D eigenvalue weighted by Crippen LogP contribution is -2.22. The van der Waals surface area contributed by atoms with E-state index in [0.29, 0.717) is 16.3 Å². The highest BCUT2D eigenvalue weighted by Gasteiger charge is 2.22. The molecule has 1 atom stereocenters. The second kappa shape index (κ2) is 7.69. The molecule has 1 heterocycles. The number of aliphatic hydroxyl groups excluding tert-OH is 2. The highest BCUT2D eigenvalue weighted by atomic mass is 35.5. The van der Waals surface area contributed by atoms with Gasteiger partial charge in [0.25, 0.3) is 5.91 Å². The largest absolute Gasteiger partial charge is 0.490 e. The van der Waals surface area contributed by atoms with E-state index in [2.05, 4.69) is 5.32 Å². The summed E-state index contributed by atoms with van der Waals surface area (Å²) in [6.07, 6.45) is 0.400. The first kappa shape index (κ1) is 19.4. The third kappa shape index (κ3) is 4.30. The minimum absolute atomic E-state index is 0.106. The first-order valence-electron chi connectivity index (χ1n) is 7.90.